The number of piperazine rings is 1. The zero-order valence-corrected chi connectivity index (χ0v) is 14.0. The molecule has 0 bridgehead atoms. The topological polar surface area (TPSA) is 35.1 Å². The molecule has 2 aromatic rings. The lowest BCUT2D eigenvalue weighted by Gasteiger charge is -2.45. The summed E-state index contributed by atoms with van der Waals surface area (Å²) < 4.78 is -0.221. The van der Waals surface area contributed by atoms with Crippen LogP contribution in [0.25, 0.3) is 0 Å². The third-order valence-electron chi connectivity index (χ3n) is 4.15. The highest BCUT2D eigenvalue weighted by Gasteiger charge is 2.26. The van der Waals surface area contributed by atoms with E-state index in [1.807, 2.05) is 18.2 Å². The summed E-state index contributed by atoms with van der Waals surface area (Å²) in [5.41, 5.74) is 3.43. The third-order valence-corrected chi connectivity index (χ3v) is 5.40. The van der Waals surface area contributed by atoms with E-state index < -0.39 is 0 Å². The van der Waals surface area contributed by atoms with Gasteiger partial charge in [-0.2, -0.15) is 0 Å². The van der Waals surface area contributed by atoms with Crippen molar-refractivity contribution in [2.45, 2.75) is 23.6 Å². The highest BCUT2D eigenvalue weighted by Crippen LogP contribution is 2.39. The number of para-hydroxylation sites is 1. The Morgan fingerprint density at radius 1 is 1.00 bits per heavy atom. The summed E-state index contributed by atoms with van der Waals surface area (Å²) in [5.74, 6) is 0. The molecule has 1 saturated heterocycles. The number of hydroxylamine groups is 2. The predicted molar refractivity (Wildman–Crippen MR) is 94.2 cm³/mol. The highest BCUT2D eigenvalue weighted by atomic mass is 32.2. The molecule has 0 aromatic heterocycles. The van der Waals surface area contributed by atoms with E-state index in [0.717, 1.165) is 23.7 Å². The average molecular weight is 314 g/mol. The van der Waals surface area contributed by atoms with E-state index in [0.29, 0.717) is 13.1 Å². The number of rotatable bonds is 3. The summed E-state index contributed by atoms with van der Waals surface area (Å²) in [7, 11) is 0. The smallest absolute Gasteiger partial charge is 0.147 e. The average Bonchev–Trinajstić information content (AvgIpc) is 2.51. The Labute approximate surface area is 136 Å². The van der Waals surface area contributed by atoms with Gasteiger partial charge in [0.1, 0.15) is 5.69 Å². The Hall–Kier alpha value is -1.33. The predicted octanol–water partition coefficient (Wildman–Crippen LogP) is 3.86. The van der Waals surface area contributed by atoms with E-state index in [2.05, 4.69) is 43.4 Å². The zero-order valence-electron chi connectivity index (χ0n) is 13.1. The van der Waals surface area contributed by atoms with Crippen molar-refractivity contribution in [2.75, 3.05) is 26.2 Å². The zero-order chi connectivity index (χ0) is 15.6. The second kappa shape index (κ2) is 6.42. The van der Waals surface area contributed by atoms with E-state index in [1.165, 1.54) is 16.0 Å². The van der Waals surface area contributed by atoms with Crippen molar-refractivity contribution in [2.24, 2.45) is 0 Å². The van der Waals surface area contributed by atoms with Crippen molar-refractivity contribution in [1.82, 2.24) is 9.96 Å². The van der Waals surface area contributed by atoms with Crippen molar-refractivity contribution >= 4 is 17.4 Å². The Bertz CT molecular complexity index is 666. The van der Waals surface area contributed by atoms with Crippen molar-refractivity contribution in [3.8, 4) is 0 Å². The fourth-order valence-corrected chi connectivity index (χ4v) is 3.99. The Morgan fingerprint density at radius 3 is 2.45 bits per heavy atom. The van der Waals surface area contributed by atoms with Crippen LogP contribution >= 0.6 is 11.8 Å². The molecule has 0 saturated carbocycles. The van der Waals surface area contributed by atoms with Gasteiger partial charge in [0, 0.05) is 24.1 Å². The Morgan fingerprint density at radius 2 is 1.73 bits per heavy atom. The molecule has 0 radical (unpaired) electrons. The van der Waals surface area contributed by atoms with E-state index in [9.17, 15) is 5.21 Å². The summed E-state index contributed by atoms with van der Waals surface area (Å²) >= 11 is 1.71. The summed E-state index contributed by atoms with van der Waals surface area (Å²) in [6.45, 7) is 7.01. The molecular weight excluding hydrogens is 292 g/mol. The SMILES string of the molecule is Cc1ccc(Sc2ccccc2[N+]2([O-])CCNCC2)c(C)c1. The van der Waals surface area contributed by atoms with Crippen LogP contribution in [0.1, 0.15) is 11.1 Å². The quantitative estimate of drug-likeness (QED) is 0.690. The van der Waals surface area contributed by atoms with Gasteiger partial charge < -0.3 is 15.2 Å². The van der Waals surface area contributed by atoms with Crippen molar-refractivity contribution in [3.63, 3.8) is 0 Å². The molecule has 3 nitrogen and oxygen atoms in total. The Balaban J connectivity index is 1.94. The molecule has 0 spiro atoms. The molecule has 22 heavy (non-hydrogen) atoms. The van der Waals surface area contributed by atoms with Gasteiger partial charge in [-0.05, 0) is 31.5 Å². The van der Waals surface area contributed by atoms with Crippen LogP contribution in [0, 0.1) is 19.1 Å². The first-order valence-electron chi connectivity index (χ1n) is 7.72. The van der Waals surface area contributed by atoms with Gasteiger partial charge in [0.25, 0.3) is 0 Å². The van der Waals surface area contributed by atoms with Crippen LogP contribution in [-0.2, 0) is 0 Å². The second-order valence-corrected chi connectivity index (χ2v) is 7.01. The first-order chi connectivity index (χ1) is 10.6. The van der Waals surface area contributed by atoms with Gasteiger partial charge in [-0.3, -0.25) is 0 Å². The van der Waals surface area contributed by atoms with Crippen LogP contribution in [0.15, 0.2) is 52.3 Å². The van der Waals surface area contributed by atoms with E-state index in [4.69, 9.17) is 0 Å². The molecule has 1 aliphatic rings. The minimum atomic E-state index is -0.221. The van der Waals surface area contributed by atoms with Crippen LogP contribution in [-0.4, -0.2) is 26.2 Å². The number of benzene rings is 2. The molecule has 2 aromatic carbocycles. The van der Waals surface area contributed by atoms with E-state index in [-0.39, 0.29) is 4.65 Å². The van der Waals surface area contributed by atoms with Gasteiger partial charge in [-0.25, -0.2) is 0 Å². The van der Waals surface area contributed by atoms with Crippen molar-refractivity contribution < 1.29 is 0 Å². The van der Waals surface area contributed by atoms with Crippen LogP contribution in [0.2, 0.25) is 0 Å². The third kappa shape index (κ3) is 3.20. The maximum absolute atomic E-state index is 13.2. The second-order valence-electron chi connectivity index (χ2n) is 5.93. The summed E-state index contributed by atoms with van der Waals surface area (Å²) in [4.78, 5) is 2.30. The molecule has 1 fully saturated rings. The standard InChI is InChI=1S/C18H22N2OS/c1-14-7-8-17(15(2)13-14)22-18-6-4-3-5-16(18)20(21)11-9-19-10-12-20/h3-8,13,19H,9-12H2,1-2H3. The molecule has 1 N–H and O–H groups in total. The summed E-state index contributed by atoms with van der Waals surface area (Å²) in [6.07, 6.45) is 0. The number of quaternary nitrogens is 1. The number of hydrogen-bond donors (Lipinski definition) is 1. The first kappa shape index (κ1) is 15.6. The van der Waals surface area contributed by atoms with Gasteiger partial charge in [-0.1, -0.05) is 41.6 Å². The molecule has 116 valence electrons. The molecule has 1 aliphatic heterocycles. The van der Waals surface area contributed by atoms with Crippen LogP contribution < -0.4 is 9.96 Å². The monoisotopic (exact) mass is 314 g/mol. The molecule has 0 atom stereocenters. The molecule has 0 unspecified atom stereocenters. The number of aryl methyl sites for hydroxylation is 2. The number of nitrogens with one attached hydrogen (secondary N) is 1. The summed E-state index contributed by atoms with van der Waals surface area (Å²) in [5, 5.41) is 16.4. The van der Waals surface area contributed by atoms with Gasteiger partial charge in [0.05, 0.1) is 18.0 Å². The van der Waals surface area contributed by atoms with Crippen molar-refractivity contribution in [1.29, 1.82) is 0 Å². The minimum Gasteiger partial charge on any atom is -0.627 e. The van der Waals surface area contributed by atoms with Crippen molar-refractivity contribution in [3.05, 3.63) is 58.8 Å². The highest BCUT2D eigenvalue weighted by molar-refractivity contribution is 7.99. The Kier molecular flexibility index (Phi) is 4.54. The van der Waals surface area contributed by atoms with Gasteiger partial charge in [0.2, 0.25) is 0 Å². The number of hydrogen-bond acceptors (Lipinski definition) is 3. The maximum atomic E-state index is 13.2. The first-order valence-corrected chi connectivity index (χ1v) is 8.54. The fraction of sp³-hybridized carbons (Fsp3) is 0.333. The molecular formula is C18H22N2OS. The lowest BCUT2D eigenvalue weighted by Crippen LogP contribution is -2.56. The van der Waals surface area contributed by atoms with Crippen LogP contribution in [0.4, 0.5) is 5.69 Å². The van der Waals surface area contributed by atoms with E-state index in [1.54, 1.807) is 11.8 Å². The van der Waals surface area contributed by atoms with Gasteiger partial charge >= 0.3 is 0 Å². The number of nitrogens with zero attached hydrogens (tertiary/aromatic N) is 1. The van der Waals surface area contributed by atoms with E-state index >= 15 is 0 Å². The van der Waals surface area contributed by atoms with Gasteiger partial charge in [0.15, 0.2) is 0 Å². The fourth-order valence-electron chi connectivity index (χ4n) is 2.91. The lowest BCUT2D eigenvalue weighted by molar-refractivity contribution is 0.317. The van der Waals surface area contributed by atoms with Crippen LogP contribution in [0.3, 0.4) is 0 Å². The molecule has 4 heteroatoms. The molecule has 0 aliphatic carbocycles. The molecule has 3 rings (SSSR count). The summed E-state index contributed by atoms with van der Waals surface area (Å²) in [6, 6.07) is 14.5. The van der Waals surface area contributed by atoms with Crippen LogP contribution in [0.5, 0.6) is 0 Å². The minimum absolute atomic E-state index is 0.221. The normalized spacial score (nSPS) is 17.4. The largest absolute Gasteiger partial charge is 0.627 e. The van der Waals surface area contributed by atoms with Gasteiger partial charge in [-0.15, -0.1) is 0 Å². The maximum Gasteiger partial charge on any atom is 0.147 e. The lowest BCUT2D eigenvalue weighted by atomic mass is 10.2. The molecule has 1 heterocycles. The molecule has 0 amide bonds.